The first-order chi connectivity index (χ1) is 14.0. The minimum absolute atomic E-state index is 0.0400. The van der Waals surface area contributed by atoms with Gasteiger partial charge in [0.05, 0.1) is 18.2 Å². The highest BCUT2D eigenvalue weighted by Gasteiger charge is 2.36. The highest BCUT2D eigenvalue weighted by atomic mass is 16.5. The lowest BCUT2D eigenvalue weighted by molar-refractivity contribution is -0.139. The lowest BCUT2D eigenvalue weighted by atomic mass is 9.94. The first-order valence-corrected chi connectivity index (χ1v) is 10.3. The van der Waals surface area contributed by atoms with Crippen LogP contribution in [0.4, 0.5) is 10.5 Å². The number of carbonyl (C=O) groups excluding carboxylic acids is 3. The van der Waals surface area contributed by atoms with Crippen molar-refractivity contribution in [2.24, 2.45) is 5.92 Å². The quantitative estimate of drug-likeness (QED) is 0.652. The van der Waals surface area contributed by atoms with Crippen LogP contribution in [0.3, 0.4) is 0 Å². The number of hydrogen-bond donors (Lipinski definition) is 2. The molecule has 1 fully saturated rings. The van der Waals surface area contributed by atoms with Gasteiger partial charge in [0.2, 0.25) is 5.91 Å². The second-order valence-electron chi connectivity index (χ2n) is 7.49. The maximum absolute atomic E-state index is 12.7. The summed E-state index contributed by atoms with van der Waals surface area (Å²) >= 11 is 0. The molecule has 0 spiro atoms. The second-order valence-corrected chi connectivity index (χ2v) is 7.49. The van der Waals surface area contributed by atoms with E-state index in [9.17, 15) is 14.4 Å². The van der Waals surface area contributed by atoms with Crippen LogP contribution in [0.25, 0.3) is 0 Å². The molecule has 1 aliphatic carbocycles. The van der Waals surface area contributed by atoms with E-state index in [1.54, 1.807) is 30.9 Å². The van der Waals surface area contributed by atoms with Crippen molar-refractivity contribution in [3.05, 3.63) is 41.1 Å². The molecule has 1 heterocycles. The van der Waals surface area contributed by atoms with Crippen molar-refractivity contribution in [2.45, 2.75) is 52.5 Å². The highest BCUT2D eigenvalue weighted by Crippen LogP contribution is 2.33. The van der Waals surface area contributed by atoms with Crippen LogP contribution < -0.4 is 10.6 Å². The van der Waals surface area contributed by atoms with E-state index in [4.69, 9.17) is 4.74 Å². The third-order valence-corrected chi connectivity index (χ3v) is 5.29. The van der Waals surface area contributed by atoms with Crippen molar-refractivity contribution in [2.75, 3.05) is 18.5 Å². The number of urea groups is 1. The number of ether oxygens (including phenoxy) is 1. The van der Waals surface area contributed by atoms with Gasteiger partial charge in [-0.1, -0.05) is 25.5 Å². The van der Waals surface area contributed by atoms with Crippen LogP contribution in [0, 0.1) is 5.92 Å². The van der Waals surface area contributed by atoms with E-state index in [2.05, 4.69) is 17.6 Å². The molecule has 2 N–H and O–H groups in total. The van der Waals surface area contributed by atoms with Crippen LogP contribution in [0.5, 0.6) is 0 Å². The van der Waals surface area contributed by atoms with Crippen molar-refractivity contribution in [3.8, 4) is 0 Å². The molecule has 1 saturated carbocycles. The fourth-order valence-corrected chi connectivity index (χ4v) is 3.44. The van der Waals surface area contributed by atoms with Crippen LogP contribution in [0.2, 0.25) is 0 Å². The lowest BCUT2D eigenvalue weighted by Gasteiger charge is -2.35. The molecule has 7 nitrogen and oxygen atoms in total. The SMILES string of the molecule is CCCCN1C(=O)N[C@H](c2ccc(NC(=O)C3CC3)cc2)C(C(=O)OCC)=C1C. The summed E-state index contributed by atoms with van der Waals surface area (Å²) < 4.78 is 5.27. The number of benzene rings is 1. The van der Waals surface area contributed by atoms with Gasteiger partial charge in [-0.05, 0) is 50.8 Å². The summed E-state index contributed by atoms with van der Waals surface area (Å²) in [7, 11) is 0. The molecular weight excluding hydrogens is 370 g/mol. The Morgan fingerprint density at radius 1 is 1.21 bits per heavy atom. The van der Waals surface area contributed by atoms with Crippen LogP contribution in [-0.4, -0.2) is 36.0 Å². The van der Waals surface area contributed by atoms with Crippen molar-refractivity contribution in [3.63, 3.8) is 0 Å². The Morgan fingerprint density at radius 2 is 1.90 bits per heavy atom. The molecule has 1 atom stereocenters. The Morgan fingerprint density at radius 3 is 2.48 bits per heavy atom. The molecule has 156 valence electrons. The molecule has 3 amide bonds. The summed E-state index contributed by atoms with van der Waals surface area (Å²) in [5.41, 5.74) is 2.53. The second kappa shape index (κ2) is 9.11. The minimum Gasteiger partial charge on any atom is -0.463 e. The van der Waals surface area contributed by atoms with Crippen molar-refractivity contribution in [1.82, 2.24) is 10.2 Å². The fourth-order valence-electron chi connectivity index (χ4n) is 3.44. The molecular formula is C22H29N3O4. The van der Waals surface area contributed by atoms with Gasteiger partial charge < -0.3 is 15.4 Å². The average Bonchev–Trinajstić information content (AvgIpc) is 3.53. The number of anilines is 1. The van der Waals surface area contributed by atoms with Gasteiger partial charge in [0.15, 0.2) is 0 Å². The number of nitrogens with one attached hydrogen (secondary N) is 2. The third kappa shape index (κ3) is 4.78. The molecule has 1 aromatic rings. The Balaban J connectivity index is 1.86. The van der Waals surface area contributed by atoms with Gasteiger partial charge in [-0.2, -0.15) is 0 Å². The number of unbranched alkanes of at least 4 members (excludes halogenated alkanes) is 1. The smallest absolute Gasteiger partial charge is 0.338 e. The molecule has 0 unspecified atom stereocenters. The van der Waals surface area contributed by atoms with Gasteiger partial charge >= 0.3 is 12.0 Å². The molecule has 2 aliphatic rings. The van der Waals surface area contributed by atoms with Gasteiger partial charge in [-0.3, -0.25) is 9.69 Å². The van der Waals surface area contributed by atoms with Gasteiger partial charge in [-0.15, -0.1) is 0 Å². The number of allylic oxidation sites excluding steroid dienone is 1. The largest absolute Gasteiger partial charge is 0.463 e. The molecule has 0 saturated heterocycles. The average molecular weight is 399 g/mol. The number of nitrogens with zero attached hydrogens (tertiary/aromatic N) is 1. The number of amides is 3. The van der Waals surface area contributed by atoms with E-state index in [0.717, 1.165) is 31.2 Å². The van der Waals surface area contributed by atoms with Gasteiger partial charge in [0.25, 0.3) is 0 Å². The zero-order valence-corrected chi connectivity index (χ0v) is 17.3. The summed E-state index contributed by atoms with van der Waals surface area (Å²) in [6, 6.07) is 6.42. The van der Waals surface area contributed by atoms with E-state index < -0.39 is 12.0 Å². The highest BCUT2D eigenvalue weighted by molar-refractivity contribution is 5.95. The Kier molecular flexibility index (Phi) is 6.56. The summed E-state index contributed by atoms with van der Waals surface area (Å²) in [5, 5.41) is 5.84. The molecule has 1 aliphatic heterocycles. The van der Waals surface area contributed by atoms with E-state index >= 15 is 0 Å². The minimum atomic E-state index is -0.590. The van der Waals surface area contributed by atoms with Crippen LogP contribution in [0.15, 0.2) is 35.5 Å². The molecule has 0 bridgehead atoms. The molecule has 7 heteroatoms. The van der Waals surface area contributed by atoms with Crippen LogP contribution >= 0.6 is 0 Å². The Labute approximate surface area is 171 Å². The third-order valence-electron chi connectivity index (χ3n) is 5.29. The maximum atomic E-state index is 12.7. The first-order valence-electron chi connectivity index (χ1n) is 10.3. The summed E-state index contributed by atoms with van der Waals surface area (Å²) in [4.78, 5) is 38.9. The summed E-state index contributed by atoms with van der Waals surface area (Å²) in [6.07, 6.45) is 3.68. The predicted molar refractivity (Wildman–Crippen MR) is 110 cm³/mol. The van der Waals surface area contributed by atoms with Crippen LogP contribution in [0.1, 0.15) is 58.1 Å². The number of esters is 1. The zero-order valence-electron chi connectivity index (χ0n) is 17.3. The molecule has 0 aromatic heterocycles. The van der Waals surface area contributed by atoms with Gasteiger partial charge in [0, 0.05) is 23.8 Å². The number of carbonyl (C=O) groups is 3. The van der Waals surface area contributed by atoms with Gasteiger partial charge in [0.1, 0.15) is 0 Å². The molecule has 0 radical (unpaired) electrons. The van der Waals surface area contributed by atoms with E-state index in [-0.39, 0.29) is 24.5 Å². The normalized spacial score (nSPS) is 19.1. The summed E-state index contributed by atoms with van der Waals surface area (Å²) in [6.45, 7) is 6.42. The van der Waals surface area contributed by atoms with Gasteiger partial charge in [-0.25, -0.2) is 9.59 Å². The maximum Gasteiger partial charge on any atom is 0.338 e. The van der Waals surface area contributed by atoms with Crippen molar-refractivity contribution in [1.29, 1.82) is 0 Å². The van der Waals surface area contributed by atoms with Crippen molar-refractivity contribution < 1.29 is 19.1 Å². The fraction of sp³-hybridized carbons (Fsp3) is 0.500. The molecule has 29 heavy (non-hydrogen) atoms. The number of rotatable bonds is 8. The lowest BCUT2D eigenvalue weighted by Crippen LogP contribution is -2.48. The number of hydrogen-bond acceptors (Lipinski definition) is 4. The summed E-state index contributed by atoms with van der Waals surface area (Å²) in [5.74, 6) is -0.261. The first kappa shape index (κ1) is 20.9. The molecule has 1 aromatic carbocycles. The van der Waals surface area contributed by atoms with E-state index in [1.807, 2.05) is 12.1 Å². The monoisotopic (exact) mass is 399 g/mol. The molecule has 3 rings (SSSR count). The van der Waals surface area contributed by atoms with Crippen LogP contribution in [-0.2, 0) is 14.3 Å². The van der Waals surface area contributed by atoms with E-state index in [0.29, 0.717) is 23.5 Å². The zero-order chi connectivity index (χ0) is 21.0. The topological polar surface area (TPSA) is 87.7 Å². The Bertz CT molecular complexity index is 812. The standard InChI is InChI=1S/C22H29N3O4/c1-4-6-13-25-14(3)18(21(27)29-5-2)19(24-22(25)28)15-9-11-17(12-10-15)23-20(26)16-7-8-16/h9-12,16,19H,4-8,13H2,1-3H3,(H,23,26)(H,24,28)/t19-/m1/s1. The predicted octanol–water partition coefficient (Wildman–Crippen LogP) is 3.74. The Hall–Kier alpha value is -2.83. The van der Waals surface area contributed by atoms with E-state index in [1.165, 1.54) is 0 Å². The van der Waals surface area contributed by atoms with Crippen molar-refractivity contribution >= 4 is 23.6 Å².